The second-order valence-electron chi connectivity index (χ2n) is 7.40. The van der Waals surface area contributed by atoms with Gasteiger partial charge >= 0.3 is 0 Å². The molecule has 0 radical (unpaired) electrons. The molecule has 1 aliphatic rings. The molecule has 1 aliphatic heterocycles. The number of furan rings is 1. The standard InChI is InChI=1S/C25H20ClN3O2S/c1-30-19-11-9-18(10-12-19)29-24(23(28-25(29)32)20-4-2-3-15-27-20)22-14-13-21(31-22)16-5-7-17(26)8-6-16/h2-15,23-24H,1H3,(H,28,32)/t23-,24+/m0/s1. The van der Waals surface area contributed by atoms with Crippen molar-refractivity contribution in [3.63, 3.8) is 0 Å². The molecule has 1 saturated heterocycles. The summed E-state index contributed by atoms with van der Waals surface area (Å²) < 4.78 is 11.7. The van der Waals surface area contributed by atoms with Crippen LogP contribution in [0.5, 0.6) is 5.75 Å². The first-order chi connectivity index (χ1) is 15.6. The number of anilines is 1. The van der Waals surface area contributed by atoms with Crippen LogP contribution >= 0.6 is 23.8 Å². The van der Waals surface area contributed by atoms with Gasteiger partial charge in [0.05, 0.1) is 18.8 Å². The zero-order valence-corrected chi connectivity index (χ0v) is 18.8. The highest BCUT2D eigenvalue weighted by molar-refractivity contribution is 7.80. The van der Waals surface area contributed by atoms with Crippen molar-refractivity contribution in [1.82, 2.24) is 10.3 Å². The van der Waals surface area contributed by atoms with Gasteiger partial charge in [-0.2, -0.15) is 0 Å². The fourth-order valence-electron chi connectivity index (χ4n) is 3.95. The summed E-state index contributed by atoms with van der Waals surface area (Å²) in [6.45, 7) is 0. The molecule has 4 aromatic rings. The third kappa shape index (κ3) is 3.83. The molecule has 5 rings (SSSR count). The highest BCUT2D eigenvalue weighted by Crippen LogP contribution is 2.43. The van der Waals surface area contributed by atoms with Crippen LogP contribution in [0.2, 0.25) is 5.02 Å². The molecular formula is C25H20ClN3O2S. The van der Waals surface area contributed by atoms with Gasteiger partial charge in [0.25, 0.3) is 0 Å². The number of nitrogens with one attached hydrogen (secondary N) is 1. The fourth-order valence-corrected chi connectivity index (χ4v) is 4.42. The molecule has 0 unspecified atom stereocenters. The Balaban J connectivity index is 1.57. The van der Waals surface area contributed by atoms with Crippen molar-refractivity contribution in [3.8, 4) is 17.1 Å². The summed E-state index contributed by atoms with van der Waals surface area (Å²) in [6, 6.07) is 24.9. The molecule has 0 saturated carbocycles. The predicted octanol–water partition coefficient (Wildman–Crippen LogP) is 6.18. The lowest BCUT2D eigenvalue weighted by molar-refractivity contribution is 0.414. The van der Waals surface area contributed by atoms with Crippen LogP contribution in [-0.4, -0.2) is 17.2 Å². The van der Waals surface area contributed by atoms with E-state index >= 15 is 0 Å². The molecule has 1 N–H and O–H groups in total. The van der Waals surface area contributed by atoms with E-state index in [4.69, 9.17) is 33.0 Å². The van der Waals surface area contributed by atoms with Gasteiger partial charge in [0, 0.05) is 22.5 Å². The molecule has 0 bridgehead atoms. The van der Waals surface area contributed by atoms with E-state index in [0.29, 0.717) is 10.1 Å². The van der Waals surface area contributed by atoms with Gasteiger partial charge in [0.2, 0.25) is 0 Å². The molecule has 5 nitrogen and oxygen atoms in total. The monoisotopic (exact) mass is 461 g/mol. The van der Waals surface area contributed by atoms with Gasteiger partial charge in [0.1, 0.15) is 23.3 Å². The molecule has 32 heavy (non-hydrogen) atoms. The highest BCUT2D eigenvalue weighted by atomic mass is 35.5. The zero-order valence-electron chi connectivity index (χ0n) is 17.2. The second-order valence-corrected chi connectivity index (χ2v) is 8.23. The number of nitrogens with zero attached hydrogens (tertiary/aromatic N) is 2. The van der Waals surface area contributed by atoms with Crippen molar-refractivity contribution in [3.05, 3.63) is 102 Å². The van der Waals surface area contributed by atoms with Crippen molar-refractivity contribution in [2.75, 3.05) is 12.0 Å². The number of hydrogen-bond acceptors (Lipinski definition) is 4. The Morgan fingerprint density at radius 3 is 2.47 bits per heavy atom. The normalized spacial score (nSPS) is 17.9. The average Bonchev–Trinajstić information content (AvgIpc) is 3.45. The first-order valence-electron chi connectivity index (χ1n) is 10.1. The summed E-state index contributed by atoms with van der Waals surface area (Å²) in [6.07, 6.45) is 1.79. The largest absolute Gasteiger partial charge is 0.497 e. The summed E-state index contributed by atoms with van der Waals surface area (Å²) in [5.41, 5.74) is 2.79. The maximum Gasteiger partial charge on any atom is 0.174 e. The van der Waals surface area contributed by atoms with Crippen LogP contribution in [0.15, 0.2) is 89.5 Å². The first kappa shape index (κ1) is 20.5. The fraction of sp³-hybridized carbons (Fsp3) is 0.120. The minimum Gasteiger partial charge on any atom is -0.497 e. The van der Waals surface area contributed by atoms with Gasteiger partial charge in [-0.1, -0.05) is 17.7 Å². The molecule has 2 atom stereocenters. The van der Waals surface area contributed by atoms with E-state index < -0.39 is 0 Å². The van der Waals surface area contributed by atoms with Crippen LogP contribution in [0.1, 0.15) is 23.5 Å². The summed E-state index contributed by atoms with van der Waals surface area (Å²) in [5, 5.41) is 4.74. The van der Waals surface area contributed by atoms with Gasteiger partial charge in [-0.25, -0.2) is 0 Å². The quantitative estimate of drug-likeness (QED) is 0.358. The number of hydrogen-bond donors (Lipinski definition) is 1. The molecule has 0 aliphatic carbocycles. The van der Waals surface area contributed by atoms with Crippen molar-refractivity contribution < 1.29 is 9.15 Å². The zero-order chi connectivity index (χ0) is 22.1. The number of pyridine rings is 1. The lowest BCUT2D eigenvalue weighted by Crippen LogP contribution is -2.29. The van der Waals surface area contributed by atoms with Gasteiger partial charge in [-0.3, -0.25) is 4.98 Å². The highest BCUT2D eigenvalue weighted by Gasteiger charge is 2.42. The maximum absolute atomic E-state index is 6.35. The van der Waals surface area contributed by atoms with Crippen LogP contribution in [0, 0.1) is 0 Å². The second kappa shape index (κ2) is 8.65. The van der Waals surface area contributed by atoms with Crippen LogP contribution in [0.4, 0.5) is 5.69 Å². The number of rotatable bonds is 5. The minimum absolute atomic E-state index is 0.171. The van der Waals surface area contributed by atoms with Crippen LogP contribution in [0.25, 0.3) is 11.3 Å². The van der Waals surface area contributed by atoms with Crippen molar-refractivity contribution in [2.24, 2.45) is 0 Å². The Bertz CT molecular complexity index is 1230. The lowest BCUT2D eigenvalue weighted by Gasteiger charge is -2.26. The lowest BCUT2D eigenvalue weighted by atomic mass is 10.0. The van der Waals surface area contributed by atoms with Gasteiger partial charge in [0.15, 0.2) is 5.11 Å². The predicted molar refractivity (Wildman–Crippen MR) is 130 cm³/mol. The number of benzene rings is 2. The molecule has 3 heterocycles. The Labute approximate surface area is 196 Å². The Kier molecular flexibility index (Phi) is 5.55. The summed E-state index contributed by atoms with van der Waals surface area (Å²) in [4.78, 5) is 6.64. The van der Waals surface area contributed by atoms with Gasteiger partial charge < -0.3 is 19.4 Å². The molecule has 0 spiro atoms. The minimum atomic E-state index is -0.216. The van der Waals surface area contributed by atoms with Crippen molar-refractivity contribution in [1.29, 1.82) is 0 Å². The number of thiocarbonyl (C=S) groups is 1. The van der Waals surface area contributed by atoms with E-state index in [2.05, 4.69) is 15.2 Å². The summed E-state index contributed by atoms with van der Waals surface area (Å²) in [7, 11) is 1.65. The molecule has 2 aromatic heterocycles. The number of methoxy groups -OCH3 is 1. The topological polar surface area (TPSA) is 50.5 Å². The van der Waals surface area contributed by atoms with Crippen LogP contribution in [0.3, 0.4) is 0 Å². The van der Waals surface area contributed by atoms with Crippen molar-refractivity contribution >= 4 is 34.6 Å². The SMILES string of the molecule is COc1ccc(N2C(=S)N[C@@H](c3ccccn3)[C@H]2c2ccc(-c3ccc(Cl)cc3)o2)cc1. The number of halogens is 1. The van der Waals surface area contributed by atoms with Crippen molar-refractivity contribution in [2.45, 2.75) is 12.1 Å². The van der Waals surface area contributed by atoms with E-state index in [1.165, 1.54) is 0 Å². The van der Waals surface area contributed by atoms with Crippen LogP contribution in [-0.2, 0) is 0 Å². The van der Waals surface area contributed by atoms with E-state index in [1.54, 1.807) is 13.3 Å². The van der Waals surface area contributed by atoms with Gasteiger partial charge in [-0.15, -0.1) is 0 Å². The summed E-state index contributed by atoms with van der Waals surface area (Å²) >= 11 is 11.8. The third-order valence-corrected chi connectivity index (χ3v) is 6.06. The van der Waals surface area contributed by atoms with E-state index in [1.807, 2.05) is 78.9 Å². The van der Waals surface area contributed by atoms with E-state index in [0.717, 1.165) is 34.2 Å². The molecule has 0 amide bonds. The maximum atomic E-state index is 6.35. The molecule has 7 heteroatoms. The number of ether oxygens (including phenoxy) is 1. The van der Waals surface area contributed by atoms with E-state index in [-0.39, 0.29) is 12.1 Å². The molecular weight excluding hydrogens is 442 g/mol. The molecule has 2 aromatic carbocycles. The Hall–Kier alpha value is -3.35. The smallest absolute Gasteiger partial charge is 0.174 e. The average molecular weight is 462 g/mol. The van der Waals surface area contributed by atoms with Gasteiger partial charge in [-0.05, 0) is 85.0 Å². The van der Waals surface area contributed by atoms with E-state index in [9.17, 15) is 0 Å². The Morgan fingerprint density at radius 1 is 1.00 bits per heavy atom. The molecule has 160 valence electrons. The summed E-state index contributed by atoms with van der Waals surface area (Å²) in [5.74, 6) is 2.34. The Morgan fingerprint density at radius 2 is 1.78 bits per heavy atom. The number of aromatic nitrogens is 1. The first-order valence-corrected chi connectivity index (χ1v) is 10.9. The van der Waals surface area contributed by atoms with Crippen LogP contribution < -0.4 is 15.0 Å². The third-order valence-electron chi connectivity index (χ3n) is 5.50. The molecule has 1 fully saturated rings.